The number of nitrogens with one attached hydrogen (secondary N) is 1. The SMILES string of the molecule is CC(O)(CNC(=O)CCc1ccco1)C(=O)O. The second kappa shape index (κ2) is 5.49. The van der Waals surface area contributed by atoms with Gasteiger partial charge in [0.2, 0.25) is 5.91 Å². The van der Waals surface area contributed by atoms with E-state index in [9.17, 15) is 14.7 Å². The molecule has 0 fully saturated rings. The summed E-state index contributed by atoms with van der Waals surface area (Å²) in [4.78, 5) is 21.9. The van der Waals surface area contributed by atoms with Crippen molar-refractivity contribution in [1.82, 2.24) is 5.32 Å². The maximum Gasteiger partial charge on any atom is 0.337 e. The molecule has 0 aromatic carbocycles. The lowest BCUT2D eigenvalue weighted by Gasteiger charge is -2.18. The minimum Gasteiger partial charge on any atom is -0.479 e. The Hall–Kier alpha value is -1.82. The van der Waals surface area contributed by atoms with Crippen LogP contribution < -0.4 is 5.32 Å². The zero-order chi connectivity index (χ0) is 12.9. The first-order valence-corrected chi connectivity index (χ1v) is 5.16. The van der Waals surface area contributed by atoms with Crippen molar-refractivity contribution in [1.29, 1.82) is 0 Å². The van der Waals surface area contributed by atoms with Crippen molar-refractivity contribution in [2.75, 3.05) is 6.54 Å². The minimum atomic E-state index is -1.94. The van der Waals surface area contributed by atoms with Crippen LogP contribution in [0.15, 0.2) is 22.8 Å². The average Bonchev–Trinajstić information content (AvgIpc) is 2.76. The summed E-state index contributed by atoms with van der Waals surface area (Å²) in [5, 5.41) is 20.3. The summed E-state index contributed by atoms with van der Waals surface area (Å²) in [5.41, 5.74) is -1.94. The van der Waals surface area contributed by atoms with Gasteiger partial charge in [-0.25, -0.2) is 4.79 Å². The predicted octanol–water partition coefficient (Wildman–Crippen LogP) is 0.164. The van der Waals surface area contributed by atoms with Crippen LogP contribution in [0, 0.1) is 0 Å². The van der Waals surface area contributed by atoms with Gasteiger partial charge in [-0.2, -0.15) is 0 Å². The van der Waals surface area contributed by atoms with Gasteiger partial charge in [0.15, 0.2) is 5.60 Å². The van der Waals surface area contributed by atoms with Gasteiger partial charge in [0, 0.05) is 12.8 Å². The van der Waals surface area contributed by atoms with Crippen LogP contribution in [-0.4, -0.2) is 34.2 Å². The van der Waals surface area contributed by atoms with Crippen LogP contribution in [0.25, 0.3) is 0 Å². The lowest BCUT2D eigenvalue weighted by molar-refractivity contribution is -0.156. The van der Waals surface area contributed by atoms with E-state index < -0.39 is 11.6 Å². The van der Waals surface area contributed by atoms with E-state index in [0.29, 0.717) is 12.2 Å². The number of carbonyl (C=O) groups is 2. The van der Waals surface area contributed by atoms with Crippen molar-refractivity contribution >= 4 is 11.9 Å². The van der Waals surface area contributed by atoms with Crippen LogP contribution in [0.2, 0.25) is 0 Å². The molecular weight excluding hydrogens is 226 g/mol. The van der Waals surface area contributed by atoms with Crippen molar-refractivity contribution in [3.63, 3.8) is 0 Å². The van der Waals surface area contributed by atoms with Gasteiger partial charge in [-0.1, -0.05) is 0 Å². The Balaban J connectivity index is 2.28. The fourth-order valence-corrected chi connectivity index (χ4v) is 1.13. The smallest absolute Gasteiger partial charge is 0.337 e. The van der Waals surface area contributed by atoms with Crippen molar-refractivity contribution < 1.29 is 24.2 Å². The lowest BCUT2D eigenvalue weighted by atomic mass is 10.1. The summed E-state index contributed by atoms with van der Waals surface area (Å²) >= 11 is 0. The summed E-state index contributed by atoms with van der Waals surface area (Å²) < 4.78 is 5.04. The van der Waals surface area contributed by atoms with E-state index in [1.807, 2.05) is 0 Å². The summed E-state index contributed by atoms with van der Waals surface area (Å²) in [6, 6.07) is 3.48. The van der Waals surface area contributed by atoms with E-state index in [0.717, 1.165) is 6.92 Å². The summed E-state index contributed by atoms with van der Waals surface area (Å²) in [5.74, 6) is -1.02. The zero-order valence-corrected chi connectivity index (χ0v) is 9.47. The normalized spacial score (nSPS) is 14.0. The number of carboxylic acids is 1. The third kappa shape index (κ3) is 4.28. The van der Waals surface area contributed by atoms with Gasteiger partial charge in [-0.15, -0.1) is 0 Å². The van der Waals surface area contributed by atoms with Crippen LogP contribution in [0.3, 0.4) is 0 Å². The first kappa shape index (κ1) is 13.2. The number of carboxylic acid groups (broad SMARTS) is 1. The van der Waals surface area contributed by atoms with Gasteiger partial charge < -0.3 is 19.9 Å². The molecule has 0 bridgehead atoms. The second-order valence-electron chi connectivity index (χ2n) is 3.94. The highest BCUT2D eigenvalue weighted by molar-refractivity contribution is 5.80. The summed E-state index contributed by atoms with van der Waals surface area (Å²) in [6.07, 6.45) is 2.14. The van der Waals surface area contributed by atoms with E-state index in [4.69, 9.17) is 9.52 Å². The Bertz CT molecular complexity index is 383. The number of amides is 1. The molecule has 1 aromatic heterocycles. The van der Waals surface area contributed by atoms with Crippen LogP contribution in [0.1, 0.15) is 19.1 Å². The Kier molecular flexibility index (Phi) is 4.28. The standard InChI is InChI=1S/C11H15NO5/c1-11(16,10(14)15)7-12-9(13)5-4-8-3-2-6-17-8/h2-3,6,16H,4-5,7H2,1H3,(H,12,13)(H,14,15). The van der Waals surface area contributed by atoms with E-state index in [1.165, 1.54) is 6.26 Å². The predicted molar refractivity (Wildman–Crippen MR) is 58.3 cm³/mol. The molecule has 17 heavy (non-hydrogen) atoms. The fourth-order valence-electron chi connectivity index (χ4n) is 1.13. The molecule has 6 heteroatoms. The van der Waals surface area contributed by atoms with Gasteiger partial charge in [0.05, 0.1) is 12.8 Å². The molecule has 3 N–H and O–H groups in total. The number of aryl methyl sites for hydroxylation is 1. The number of hydrogen-bond donors (Lipinski definition) is 3. The second-order valence-corrected chi connectivity index (χ2v) is 3.94. The monoisotopic (exact) mass is 241 g/mol. The molecule has 0 radical (unpaired) electrons. The highest BCUT2D eigenvalue weighted by Crippen LogP contribution is 2.04. The quantitative estimate of drug-likeness (QED) is 0.659. The largest absolute Gasteiger partial charge is 0.479 e. The van der Waals surface area contributed by atoms with Gasteiger partial charge >= 0.3 is 5.97 Å². The highest BCUT2D eigenvalue weighted by atomic mass is 16.4. The van der Waals surface area contributed by atoms with Crippen LogP contribution in [-0.2, 0) is 16.0 Å². The molecule has 0 aliphatic carbocycles. The molecule has 0 saturated heterocycles. The fraction of sp³-hybridized carbons (Fsp3) is 0.455. The molecule has 1 amide bonds. The van der Waals surface area contributed by atoms with Crippen LogP contribution in [0.4, 0.5) is 0 Å². The number of furan rings is 1. The lowest BCUT2D eigenvalue weighted by Crippen LogP contribution is -2.46. The van der Waals surface area contributed by atoms with Crippen molar-refractivity contribution in [3.05, 3.63) is 24.2 Å². The van der Waals surface area contributed by atoms with E-state index in [1.54, 1.807) is 12.1 Å². The third-order valence-corrected chi connectivity index (χ3v) is 2.27. The number of aliphatic hydroxyl groups is 1. The molecule has 1 heterocycles. The minimum absolute atomic E-state index is 0.184. The molecule has 1 aromatic rings. The van der Waals surface area contributed by atoms with Gasteiger partial charge in [-0.05, 0) is 19.1 Å². The average molecular weight is 241 g/mol. The number of hydrogen-bond acceptors (Lipinski definition) is 4. The Morgan fingerprint density at radius 3 is 2.76 bits per heavy atom. The molecular formula is C11H15NO5. The van der Waals surface area contributed by atoms with Gasteiger partial charge in [0.25, 0.3) is 0 Å². The maximum atomic E-state index is 11.4. The van der Waals surface area contributed by atoms with E-state index >= 15 is 0 Å². The molecule has 1 unspecified atom stereocenters. The van der Waals surface area contributed by atoms with Gasteiger partial charge in [0.1, 0.15) is 5.76 Å². The number of rotatable bonds is 6. The molecule has 94 valence electrons. The Labute approximate surface area is 98.2 Å². The molecule has 1 atom stereocenters. The molecule has 0 aliphatic heterocycles. The molecule has 1 rings (SSSR count). The van der Waals surface area contributed by atoms with Crippen LogP contribution in [0.5, 0.6) is 0 Å². The first-order chi connectivity index (χ1) is 7.92. The molecule has 0 saturated carbocycles. The van der Waals surface area contributed by atoms with E-state index in [-0.39, 0.29) is 18.9 Å². The number of carbonyl (C=O) groups excluding carboxylic acids is 1. The van der Waals surface area contributed by atoms with E-state index in [2.05, 4.69) is 5.32 Å². The van der Waals surface area contributed by atoms with Crippen molar-refractivity contribution in [2.45, 2.75) is 25.4 Å². The first-order valence-electron chi connectivity index (χ1n) is 5.16. The highest BCUT2D eigenvalue weighted by Gasteiger charge is 2.30. The van der Waals surface area contributed by atoms with Crippen molar-refractivity contribution in [2.24, 2.45) is 0 Å². The molecule has 6 nitrogen and oxygen atoms in total. The zero-order valence-electron chi connectivity index (χ0n) is 9.47. The van der Waals surface area contributed by atoms with Crippen molar-refractivity contribution in [3.8, 4) is 0 Å². The summed E-state index contributed by atoms with van der Waals surface area (Å²) in [6.45, 7) is 0.807. The van der Waals surface area contributed by atoms with Gasteiger partial charge in [-0.3, -0.25) is 4.79 Å². The Morgan fingerprint density at radius 1 is 1.53 bits per heavy atom. The Morgan fingerprint density at radius 2 is 2.24 bits per heavy atom. The molecule has 0 aliphatic rings. The maximum absolute atomic E-state index is 11.4. The number of aliphatic carboxylic acids is 1. The third-order valence-electron chi connectivity index (χ3n) is 2.27. The van der Waals surface area contributed by atoms with Crippen LogP contribution >= 0.6 is 0 Å². The molecule has 0 spiro atoms. The topological polar surface area (TPSA) is 99.8 Å². The summed E-state index contributed by atoms with van der Waals surface area (Å²) in [7, 11) is 0.